The summed E-state index contributed by atoms with van der Waals surface area (Å²) in [5.74, 6) is -0.897. The first-order valence-corrected chi connectivity index (χ1v) is 10.9. The molecular weight excluding hydrogens is 390 g/mol. The molecule has 2 amide bonds. The van der Waals surface area contributed by atoms with Gasteiger partial charge in [0.25, 0.3) is 5.91 Å². The second kappa shape index (κ2) is 8.34. The lowest BCUT2D eigenvalue weighted by Crippen LogP contribution is -2.55. The third-order valence-electron chi connectivity index (χ3n) is 5.38. The Morgan fingerprint density at radius 3 is 2.17 bits per heavy atom. The second-order valence-corrected chi connectivity index (χ2v) is 9.42. The van der Waals surface area contributed by atoms with Crippen LogP contribution in [-0.2, 0) is 25.0 Å². The lowest BCUT2D eigenvalue weighted by molar-refractivity contribution is -0.134. The lowest BCUT2D eigenvalue weighted by Gasteiger charge is -2.40. The average Bonchev–Trinajstić information content (AvgIpc) is 2.66. The molecule has 0 aliphatic heterocycles. The molecule has 7 nitrogen and oxygen atoms in total. The predicted octanol–water partition coefficient (Wildman–Crippen LogP) is 1.88. The summed E-state index contributed by atoms with van der Waals surface area (Å²) in [6.07, 6.45) is 2.36. The largest absolute Gasteiger partial charge is 0.272 e. The topological polar surface area (TPSA) is 95.6 Å². The number of hydrazine groups is 1. The number of sulfonamides is 1. The van der Waals surface area contributed by atoms with Crippen LogP contribution in [0.4, 0.5) is 0 Å². The summed E-state index contributed by atoms with van der Waals surface area (Å²) in [4.78, 5) is 25.1. The fraction of sp³-hybridized carbons (Fsp3) is 0.333. The second-order valence-electron chi connectivity index (χ2n) is 7.38. The predicted molar refractivity (Wildman–Crippen MR) is 109 cm³/mol. The van der Waals surface area contributed by atoms with Crippen molar-refractivity contribution in [2.24, 2.45) is 0 Å². The van der Waals surface area contributed by atoms with Crippen LogP contribution in [0.3, 0.4) is 0 Å². The minimum atomic E-state index is -3.79. The fourth-order valence-corrected chi connectivity index (χ4v) is 4.52. The summed E-state index contributed by atoms with van der Waals surface area (Å²) in [7, 11) is -2.47. The highest BCUT2D eigenvalue weighted by molar-refractivity contribution is 7.89. The molecule has 2 N–H and O–H groups in total. The highest BCUT2D eigenvalue weighted by Crippen LogP contribution is 2.43. The molecule has 2 aromatic rings. The molecule has 0 unspecified atom stereocenters. The highest BCUT2D eigenvalue weighted by atomic mass is 32.2. The van der Waals surface area contributed by atoms with Gasteiger partial charge in [0.15, 0.2) is 0 Å². The van der Waals surface area contributed by atoms with Crippen LogP contribution in [0.1, 0.15) is 30.4 Å². The number of rotatable bonds is 6. The van der Waals surface area contributed by atoms with E-state index < -0.39 is 27.9 Å². The van der Waals surface area contributed by atoms with E-state index in [0.29, 0.717) is 12.8 Å². The minimum Gasteiger partial charge on any atom is -0.272 e. The third-order valence-corrected chi connectivity index (χ3v) is 7.20. The molecule has 0 radical (unpaired) electrons. The summed E-state index contributed by atoms with van der Waals surface area (Å²) in [6.45, 7) is 1.45. The maximum atomic E-state index is 12.7. The van der Waals surface area contributed by atoms with Crippen molar-refractivity contribution in [2.75, 3.05) is 13.6 Å². The van der Waals surface area contributed by atoms with Crippen LogP contribution in [0.15, 0.2) is 59.5 Å². The zero-order valence-electron chi connectivity index (χ0n) is 16.5. The number of hydrogen-bond donors (Lipinski definition) is 2. The first kappa shape index (κ1) is 21.0. The van der Waals surface area contributed by atoms with Crippen molar-refractivity contribution in [3.63, 3.8) is 0 Å². The first-order valence-electron chi connectivity index (χ1n) is 9.43. The van der Waals surface area contributed by atoms with Gasteiger partial charge >= 0.3 is 0 Å². The number of amides is 2. The summed E-state index contributed by atoms with van der Waals surface area (Å²) < 4.78 is 26.1. The Balaban J connectivity index is 1.59. The van der Waals surface area contributed by atoms with Gasteiger partial charge < -0.3 is 0 Å². The van der Waals surface area contributed by atoms with Gasteiger partial charge in [0.1, 0.15) is 0 Å². The number of aryl methyl sites for hydroxylation is 1. The molecule has 154 valence electrons. The molecule has 3 rings (SSSR count). The SMILES string of the molecule is Cc1ccc(S(=O)(=O)N(C)CC(=O)NNC(=O)C2(c3ccccc3)CCC2)cc1. The maximum absolute atomic E-state index is 12.7. The molecule has 0 aromatic heterocycles. The van der Waals surface area contributed by atoms with E-state index >= 15 is 0 Å². The van der Waals surface area contributed by atoms with Crippen molar-refractivity contribution in [1.29, 1.82) is 0 Å². The molecule has 0 heterocycles. The van der Waals surface area contributed by atoms with E-state index in [9.17, 15) is 18.0 Å². The van der Waals surface area contributed by atoms with Gasteiger partial charge in [-0.25, -0.2) is 8.42 Å². The third kappa shape index (κ3) is 4.33. The van der Waals surface area contributed by atoms with Crippen LogP contribution < -0.4 is 10.9 Å². The Morgan fingerprint density at radius 1 is 1.00 bits per heavy atom. The Morgan fingerprint density at radius 2 is 1.62 bits per heavy atom. The molecule has 2 aromatic carbocycles. The molecule has 8 heteroatoms. The van der Waals surface area contributed by atoms with Crippen LogP contribution >= 0.6 is 0 Å². The number of benzene rings is 2. The van der Waals surface area contributed by atoms with Crippen molar-refractivity contribution in [3.8, 4) is 0 Å². The number of likely N-dealkylation sites (N-methyl/N-ethyl adjacent to an activating group) is 1. The van der Waals surface area contributed by atoms with Gasteiger partial charge in [-0.2, -0.15) is 4.31 Å². The number of nitrogens with one attached hydrogen (secondary N) is 2. The molecule has 0 saturated heterocycles. The van der Waals surface area contributed by atoms with E-state index in [1.165, 1.54) is 19.2 Å². The molecule has 1 saturated carbocycles. The van der Waals surface area contributed by atoms with Gasteiger partial charge in [-0.3, -0.25) is 20.4 Å². The van der Waals surface area contributed by atoms with Gasteiger partial charge in [0, 0.05) is 7.05 Å². The van der Waals surface area contributed by atoms with Gasteiger partial charge in [-0.05, 0) is 37.5 Å². The molecule has 1 aliphatic carbocycles. The molecule has 0 atom stereocenters. The van der Waals surface area contributed by atoms with Crippen molar-refractivity contribution < 1.29 is 18.0 Å². The monoisotopic (exact) mass is 415 g/mol. The summed E-state index contributed by atoms with van der Waals surface area (Å²) in [5.41, 5.74) is 6.02. The van der Waals surface area contributed by atoms with Crippen molar-refractivity contribution >= 4 is 21.8 Å². The summed E-state index contributed by atoms with van der Waals surface area (Å²) >= 11 is 0. The van der Waals surface area contributed by atoms with E-state index in [1.54, 1.807) is 12.1 Å². The molecule has 0 spiro atoms. The van der Waals surface area contributed by atoms with Gasteiger partial charge in [-0.15, -0.1) is 0 Å². The molecule has 1 aliphatic rings. The van der Waals surface area contributed by atoms with Crippen LogP contribution in [0.25, 0.3) is 0 Å². The van der Waals surface area contributed by atoms with Crippen LogP contribution in [0, 0.1) is 6.92 Å². The summed E-state index contributed by atoms with van der Waals surface area (Å²) in [6, 6.07) is 15.9. The molecule has 29 heavy (non-hydrogen) atoms. The highest BCUT2D eigenvalue weighted by Gasteiger charge is 2.45. The Bertz CT molecular complexity index is 984. The molecule has 1 fully saturated rings. The molecular formula is C21H25N3O4S. The first-order chi connectivity index (χ1) is 13.8. The van der Waals surface area contributed by atoms with E-state index in [4.69, 9.17) is 0 Å². The zero-order valence-corrected chi connectivity index (χ0v) is 17.3. The van der Waals surface area contributed by atoms with Crippen molar-refractivity contribution in [3.05, 3.63) is 65.7 Å². The average molecular weight is 416 g/mol. The van der Waals surface area contributed by atoms with Gasteiger partial charge in [-0.1, -0.05) is 54.4 Å². The number of carbonyl (C=O) groups excluding carboxylic acids is 2. The standard InChI is InChI=1S/C21H25N3O4S/c1-16-9-11-18(12-10-16)29(27,28)24(2)15-19(25)22-23-20(26)21(13-6-14-21)17-7-4-3-5-8-17/h3-5,7-12H,6,13-15H2,1-2H3,(H,22,25)(H,23,26). The minimum absolute atomic E-state index is 0.111. The van der Waals surface area contributed by atoms with Crippen molar-refractivity contribution in [2.45, 2.75) is 36.5 Å². The summed E-state index contributed by atoms with van der Waals surface area (Å²) in [5, 5.41) is 0. The quantitative estimate of drug-likeness (QED) is 0.705. The fourth-order valence-electron chi connectivity index (χ4n) is 3.40. The van der Waals surface area contributed by atoms with E-state index in [0.717, 1.165) is 21.9 Å². The van der Waals surface area contributed by atoms with Crippen molar-refractivity contribution in [1.82, 2.24) is 15.2 Å². The molecule has 0 bridgehead atoms. The maximum Gasteiger partial charge on any atom is 0.253 e. The van der Waals surface area contributed by atoms with Crippen LogP contribution in [0.5, 0.6) is 0 Å². The Kier molecular flexibility index (Phi) is 6.04. The Labute approximate surface area is 171 Å². The number of nitrogens with zero attached hydrogens (tertiary/aromatic N) is 1. The smallest absolute Gasteiger partial charge is 0.253 e. The van der Waals surface area contributed by atoms with Gasteiger partial charge in [0.2, 0.25) is 15.9 Å². The van der Waals surface area contributed by atoms with Crippen LogP contribution in [-0.4, -0.2) is 38.1 Å². The van der Waals surface area contributed by atoms with Gasteiger partial charge in [0.05, 0.1) is 16.9 Å². The lowest BCUT2D eigenvalue weighted by atomic mass is 9.64. The van der Waals surface area contributed by atoms with E-state index in [2.05, 4.69) is 10.9 Å². The van der Waals surface area contributed by atoms with E-state index in [1.807, 2.05) is 37.3 Å². The normalized spacial score (nSPS) is 15.4. The number of carbonyl (C=O) groups is 2. The van der Waals surface area contributed by atoms with E-state index in [-0.39, 0.29) is 10.8 Å². The number of hydrogen-bond acceptors (Lipinski definition) is 4. The zero-order chi connectivity index (χ0) is 21.1. The van der Waals surface area contributed by atoms with Crippen LogP contribution in [0.2, 0.25) is 0 Å². The Hall–Kier alpha value is -2.71.